The van der Waals surface area contributed by atoms with E-state index in [4.69, 9.17) is 4.99 Å². The van der Waals surface area contributed by atoms with Crippen molar-refractivity contribution in [2.75, 3.05) is 5.32 Å². The van der Waals surface area contributed by atoms with E-state index in [1.54, 1.807) is 22.7 Å². The Morgan fingerprint density at radius 2 is 1.81 bits per heavy atom. The van der Waals surface area contributed by atoms with Crippen molar-refractivity contribution in [3.63, 3.8) is 0 Å². The number of thiophene rings is 2. The van der Waals surface area contributed by atoms with Crippen LogP contribution >= 0.6 is 22.7 Å². The molecule has 0 saturated heterocycles. The van der Waals surface area contributed by atoms with E-state index in [1.165, 1.54) is 29.7 Å². The van der Waals surface area contributed by atoms with Crippen molar-refractivity contribution in [2.45, 2.75) is 38.5 Å². The molecule has 0 bridgehead atoms. The van der Waals surface area contributed by atoms with Crippen LogP contribution in [0.2, 0.25) is 0 Å². The first kappa shape index (κ1) is 18.1. The molecule has 1 amide bonds. The molecule has 2 aromatic heterocycles. The molecule has 0 spiro atoms. The summed E-state index contributed by atoms with van der Waals surface area (Å²) in [6, 6.07) is 13.7. The zero-order valence-electron chi connectivity index (χ0n) is 15.1. The first-order valence-corrected chi connectivity index (χ1v) is 11.1. The van der Waals surface area contributed by atoms with Gasteiger partial charge in [-0.3, -0.25) is 4.79 Å². The summed E-state index contributed by atoms with van der Waals surface area (Å²) >= 11 is 3.35. The van der Waals surface area contributed by atoms with Gasteiger partial charge < -0.3 is 5.32 Å². The molecule has 27 heavy (non-hydrogen) atoms. The van der Waals surface area contributed by atoms with E-state index in [0.29, 0.717) is 0 Å². The Morgan fingerprint density at radius 3 is 2.59 bits per heavy atom. The number of hydrogen-bond acceptors (Lipinski definition) is 4. The van der Waals surface area contributed by atoms with Crippen molar-refractivity contribution >= 4 is 45.5 Å². The predicted molar refractivity (Wildman–Crippen MR) is 116 cm³/mol. The van der Waals surface area contributed by atoms with Crippen LogP contribution in [0.15, 0.2) is 52.8 Å². The van der Waals surface area contributed by atoms with Crippen molar-refractivity contribution in [3.05, 3.63) is 68.7 Å². The molecular weight excluding hydrogens is 372 g/mol. The third-order valence-electron chi connectivity index (χ3n) is 4.76. The fourth-order valence-electron chi connectivity index (χ4n) is 3.43. The van der Waals surface area contributed by atoms with Crippen LogP contribution in [0.25, 0.3) is 0 Å². The third kappa shape index (κ3) is 4.37. The Balaban J connectivity index is 1.70. The van der Waals surface area contributed by atoms with Crippen LogP contribution in [0.4, 0.5) is 10.7 Å². The molecule has 1 aromatic carbocycles. The van der Waals surface area contributed by atoms with Crippen molar-refractivity contribution in [3.8, 4) is 0 Å². The van der Waals surface area contributed by atoms with Crippen molar-refractivity contribution in [2.24, 2.45) is 4.99 Å². The van der Waals surface area contributed by atoms with Crippen molar-refractivity contribution in [1.82, 2.24) is 0 Å². The molecule has 4 rings (SSSR count). The Morgan fingerprint density at radius 1 is 1.00 bits per heavy atom. The van der Waals surface area contributed by atoms with E-state index in [2.05, 4.69) is 5.32 Å². The van der Waals surface area contributed by atoms with Gasteiger partial charge in [0.15, 0.2) is 0 Å². The lowest BCUT2D eigenvalue weighted by atomic mass is 9.96. The van der Waals surface area contributed by atoms with Crippen LogP contribution in [-0.4, -0.2) is 12.1 Å². The molecule has 3 nitrogen and oxygen atoms in total. The molecule has 0 unspecified atom stereocenters. The average molecular weight is 395 g/mol. The van der Waals surface area contributed by atoms with Gasteiger partial charge in [0.2, 0.25) is 0 Å². The maximum atomic E-state index is 13.2. The molecule has 1 aliphatic carbocycles. The summed E-state index contributed by atoms with van der Waals surface area (Å²) in [5, 5.41) is 5.94. The van der Waals surface area contributed by atoms with Crippen LogP contribution < -0.4 is 5.32 Å². The van der Waals surface area contributed by atoms with E-state index < -0.39 is 0 Å². The maximum Gasteiger partial charge on any atom is 0.259 e. The maximum absolute atomic E-state index is 13.2. The summed E-state index contributed by atoms with van der Waals surface area (Å²) in [5.74, 6) is -0.0439. The molecule has 2 heterocycles. The number of aliphatic imine (C=N–C) groups is 1. The molecular formula is C22H22N2OS2. The molecule has 3 aromatic rings. The fourth-order valence-corrected chi connectivity index (χ4v) is 5.25. The molecule has 1 N–H and O–H groups in total. The number of carbonyl (C=O) groups excluding carboxylic acids is 1. The minimum Gasteiger partial charge on any atom is -0.322 e. The molecule has 0 atom stereocenters. The van der Waals surface area contributed by atoms with E-state index in [9.17, 15) is 4.79 Å². The number of fused-ring (bicyclic) bond motifs is 1. The molecule has 0 fully saturated rings. The molecule has 0 radical (unpaired) electrons. The minimum absolute atomic E-state index is 0.0439. The van der Waals surface area contributed by atoms with Gasteiger partial charge in [0, 0.05) is 21.7 Å². The minimum atomic E-state index is -0.0439. The smallest absolute Gasteiger partial charge is 0.259 e. The Kier molecular flexibility index (Phi) is 5.80. The molecule has 0 saturated carbocycles. The zero-order valence-corrected chi connectivity index (χ0v) is 16.7. The van der Waals surface area contributed by atoms with Gasteiger partial charge in [0.1, 0.15) is 5.00 Å². The largest absolute Gasteiger partial charge is 0.322 e. The summed E-state index contributed by atoms with van der Waals surface area (Å²) in [5.41, 5.74) is 2.81. The Hall–Kier alpha value is -2.24. The highest BCUT2D eigenvalue weighted by molar-refractivity contribution is 7.16. The monoisotopic (exact) mass is 394 g/mol. The standard InChI is InChI=1S/C22H22N2OS2/c25-21(24-16-9-4-3-5-10-16)20-18-12-6-1-2-7-13-19(18)27-22(20)23-15-17-11-8-14-26-17/h3-5,8-11,14-15H,1-2,6-7,12-13H2,(H,24,25). The number of amides is 1. The highest BCUT2D eigenvalue weighted by Gasteiger charge is 2.24. The van der Waals surface area contributed by atoms with E-state index in [0.717, 1.165) is 40.4 Å². The first-order valence-electron chi connectivity index (χ1n) is 9.40. The number of hydrogen-bond donors (Lipinski definition) is 1. The highest BCUT2D eigenvalue weighted by atomic mass is 32.1. The van der Waals surface area contributed by atoms with E-state index in [-0.39, 0.29) is 5.91 Å². The lowest BCUT2D eigenvalue weighted by molar-refractivity contribution is 0.102. The van der Waals surface area contributed by atoms with Gasteiger partial charge in [-0.25, -0.2) is 4.99 Å². The number of para-hydroxylation sites is 1. The van der Waals surface area contributed by atoms with Gasteiger partial charge in [0.25, 0.3) is 5.91 Å². The molecule has 138 valence electrons. The van der Waals surface area contributed by atoms with Crippen LogP contribution in [0.3, 0.4) is 0 Å². The average Bonchev–Trinajstić information content (AvgIpc) is 3.28. The van der Waals surface area contributed by atoms with Crippen LogP contribution in [0, 0.1) is 0 Å². The zero-order chi connectivity index (χ0) is 18.5. The second kappa shape index (κ2) is 8.63. The highest BCUT2D eigenvalue weighted by Crippen LogP contribution is 2.39. The number of benzene rings is 1. The van der Waals surface area contributed by atoms with Gasteiger partial charge in [-0.1, -0.05) is 37.1 Å². The van der Waals surface area contributed by atoms with Gasteiger partial charge in [0.05, 0.1) is 5.56 Å². The number of rotatable bonds is 4. The number of nitrogens with one attached hydrogen (secondary N) is 1. The number of aryl methyl sites for hydroxylation is 1. The normalized spacial score (nSPS) is 14.5. The number of nitrogens with zero attached hydrogens (tertiary/aromatic N) is 1. The molecule has 1 aliphatic rings. The van der Waals surface area contributed by atoms with E-state index >= 15 is 0 Å². The van der Waals surface area contributed by atoms with Crippen LogP contribution in [-0.2, 0) is 12.8 Å². The number of anilines is 1. The summed E-state index contributed by atoms with van der Waals surface area (Å²) in [4.78, 5) is 20.3. The fraction of sp³-hybridized carbons (Fsp3) is 0.273. The Labute approximate surface area is 167 Å². The van der Waals surface area contributed by atoms with Gasteiger partial charge in [-0.05, 0) is 54.8 Å². The van der Waals surface area contributed by atoms with Gasteiger partial charge >= 0.3 is 0 Å². The predicted octanol–water partition coefficient (Wildman–Crippen LogP) is 6.47. The SMILES string of the molecule is O=C(Nc1ccccc1)c1c(N=Cc2cccs2)sc2c1CCCCCC2. The van der Waals surface area contributed by atoms with Crippen molar-refractivity contribution < 1.29 is 4.79 Å². The summed E-state index contributed by atoms with van der Waals surface area (Å²) in [7, 11) is 0. The summed E-state index contributed by atoms with van der Waals surface area (Å²) in [6.07, 6.45) is 8.76. The van der Waals surface area contributed by atoms with Crippen LogP contribution in [0.1, 0.15) is 51.4 Å². The van der Waals surface area contributed by atoms with Gasteiger partial charge in [-0.15, -0.1) is 22.7 Å². The number of carbonyl (C=O) groups is 1. The topological polar surface area (TPSA) is 41.5 Å². The molecule has 5 heteroatoms. The summed E-state index contributed by atoms with van der Waals surface area (Å²) < 4.78 is 0. The second-order valence-electron chi connectivity index (χ2n) is 6.69. The quantitative estimate of drug-likeness (QED) is 0.506. The Bertz CT molecular complexity index is 927. The van der Waals surface area contributed by atoms with Gasteiger partial charge in [-0.2, -0.15) is 0 Å². The lowest BCUT2D eigenvalue weighted by Crippen LogP contribution is -2.14. The van der Waals surface area contributed by atoms with E-state index in [1.807, 2.05) is 54.1 Å². The summed E-state index contributed by atoms with van der Waals surface area (Å²) in [6.45, 7) is 0. The molecule has 0 aliphatic heterocycles. The van der Waals surface area contributed by atoms with Crippen molar-refractivity contribution in [1.29, 1.82) is 0 Å². The first-order chi connectivity index (χ1) is 13.3. The lowest BCUT2D eigenvalue weighted by Gasteiger charge is -2.11. The second-order valence-corrected chi connectivity index (χ2v) is 8.75. The van der Waals surface area contributed by atoms with Crippen LogP contribution in [0.5, 0.6) is 0 Å². The third-order valence-corrected chi connectivity index (χ3v) is 6.77.